The lowest BCUT2D eigenvalue weighted by Gasteiger charge is -2.08. The number of anilines is 2. The van der Waals surface area contributed by atoms with Crippen LogP contribution in [0.4, 0.5) is 10.8 Å². The van der Waals surface area contributed by atoms with E-state index < -0.39 is 0 Å². The number of hydrogen-bond acceptors (Lipinski definition) is 6. The van der Waals surface area contributed by atoms with Crippen molar-refractivity contribution in [2.24, 2.45) is 0 Å². The SMILES string of the molecule is CCCNc1nnc(C(=O)Nc2ccccc2COC)s1. The maximum atomic E-state index is 12.2. The molecule has 2 aromatic rings. The fourth-order valence-electron chi connectivity index (χ4n) is 1.72. The molecule has 6 nitrogen and oxygen atoms in total. The lowest BCUT2D eigenvalue weighted by atomic mass is 10.2. The van der Waals surface area contributed by atoms with Crippen molar-refractivity contribution in [2.45, 2.75) is 20.0 Å². The molecule has 0 radical (unpaired) electrons. The van der Waals surface area contributed by atoms with Crippen LogP contribution in [0.1, 0.15) is 28.7 Å². The molecule has 0 fully saturated rings. The summed E-state index contributed by atoms with van der Waals surface area (Å²) in [5, 5.41) is 14.8. The largest absolute Gasteiger partial charge is 0.380 e. The van der Waals surface area contributed by atoms with Gasteiger partial charge in [0.2, 0.25) is 10.1 Å². The zero-order valence-corrected chi connectivity index (χ0v) is 12.9. The Balaban J connectivity index is 2.05. The number of benzene rings is 1. The first kappa shape index (κ1) is 15.4. The van der Waals surface area contributed by atoms with E-state index in [1.54, 1.807) is 7.11 Å². The molecule has 0 atom stereocenters. The van der Waals surface area contributed by atoms with Crippen molar-refractivity contribution >= 4 is 28.1 Å². The average molecular weight is 306 g/mol. The predicted molar refractivity (Wildman–Crippen MR) is 83.8 cm³/mol. The average Bonchev–Trinajstić information content (AvgIpc) is 2.96. The smallest absolute Gasteiger partial charge is 0.286 e. The topological polar surface area (TPSA) is 76.1 Å². The summed E-state index contributed by atoms with van der Waals surface area (Å²) in [6.07, 6.45) is 0.992. The molecule has 1 amide bonds. The molecule has 1 heterocycles. The van der Waals surface area contributed by atoms with Gasteiger partial charge in [0.1, 0.15) is 0 Å². The van der Waals surface area contributed by atoms with Gasteiger partial charge in [-0.15, -0.1) is 10.2 Å². The first-order valence-electron chi connectivity index (χ1n) is 6.70. The van der Waals surface area contributed by atoms with Crippen LogP contribution in [0.15, 0.2) is 24.3 Å². The number of ether oxygens (including phenoxy) is 1. The summed E-state index contributed by atoms with van der Waals surface area (Å²) in [7, 11) is 1.62. The molecule has 0 saturated heterocycles. The number of nitrogens with one attached hydrogen (secondary N) is 2. The number of rotatable bonds is 7. The van der Waals surface area contributed by atoms with Gasteiger partial charge in [-0.05, 0) is 12.5 Å². The minimum atomic E-state index is -0.263. The standard InChI is InChI=1S/C14H18N4O2S/c1-3-8-15-14-18-17-13(21-14)12(19)16-11-7-5-4-6-10(11)9-20-2/h4-7H,3,8-9H2,1-2H3,(H,15,18)(H,16,19). The Morgan fingerprint density at radius 3 is 2.90 bits per heavy atom. The molecule has 7 heteroatoms. The highest BCUT2D eigenvalue weighted by molar-refractivity contribution is 7.17. The van der Waals surface area contributed by atoms with Gasteiger partial charge in [0, 0.05) is 24.9 Å². The van der Waals surface area contributed by atoms with Gasteiger partial charge in [0.15, 0.2) is 0 Å². The summed E-state index contributed by atoms with van der Waals surface area (Å²) < 4.78 is 5.12. The number of para-hydroxylation sites is 1. The maximum absolute atomic E-state index is 12.2. The van der Waals surface area contributed by atoms with Crippen molar-refractivity contribution in [3.8, 4) is 0 Å². The molecular formula is C14H18N4O2S. The van der Waals surface area contributed by atoms with Gasteiger partial charge in [-0.25, -0.2) is 0 Å². The van der Waals surface area contributed by atoms with Crippen LogP contribution < -0.4 is 10.6 Å². The minimum absolute atomic E-state index is 0.263. The molecule has 0 unspecified atom stereocenters. The highest BCUT2D eigenvalue weighted by Gasteiger charge is 2.14. The maximum Gasteiger partial charge on any atom is 0.286 e. The summed E-state index contributed by atoms with van der Waals surface area (Å²) in [5.41, 5.74) is 1.64. The Hall–Kier alpha value is -1.99. The number of carbonyl (C=O) groups excluding carboxylic acids is 1. The lowest BCUT2D eigenvalue weighted by molar-refractivity contribution is 0.102. The summed E-state index contributed by atoms with van der Waals surface area (Å²) in [4.78, 5) is 12.2. The predicted octanol–water partition coefficient (Wildman–Crippen LogP) is 2.76. The van der Waals surface area contributed by atoms with Crippen LogP contribution in [-0.4, -0.2) is 29.8 Å². The second-order valence-electron chi connectivity index (χ2n) is 4.38. The van der Waals surface area contributed by atoms with Crippen LogP contribution in [0.2, 0.25) is 0 Å². The van der Waals surface area contributed by atoms with Gasteiger partial charge in [0.25, 0.3) is 5.91 Å². The van der Waals surface area contributed by atoms with E-state index in [2.05, 4.69) is 27.8 Å². The van der Waals surface area contributed by atoms with Gasteiger partial charge < -0.3 is 15.4 Å². The zero-order valence-electron chi connectivity index (χ0n) is 12.0. The van der Waals surface area contributed by atoms with E-state index in [0.29, 0.717) is 16.7 Å². The lowest BCUT2D eigenvalue weighted by Crippen LogP contribution is -2.13. The molecule has 0 aliphatic carbocycles. The molecule has 0 spiro atoms. The summed E-state index contributed by atoms with van der Waals surface area (Å²) in [5.74, 6) is -0.263. The molecule has 0 aliphatic rings. The Morgan fingerprint density at radius 2 is 2.14 bits per heavy atom. The third-order valence-electron chi connectivity index (χ3n) is 2.71. The summed E-state index contributed by atoms with van der Waals surface area (Å²) in [6, 6.07) is 7.52. The molecule has 0 saturated carbocycles. The van der Waals surface area contributed by atoms with Crippen molar-refractivity contribution < 1.29 is 9.53 Å². The van der Waals surface area contributed by atoms with Crippen molar-refractivity contribution in [1.29, 1.82) is 0 Å². The van der Waals surface area contributed by atoms with E-state index >= 15 is 0 Å². The monoisotopic (exact) mass is 306 g/mol. The molecule has 2 rings (SSSR count). The quantitative estimate of drug-likeness (QED) is 0.822. The van der Waals surface area contributed by atoms with Crippen molar-refractivity contribution in [3.05, 3.63) is 34.8 Å². The number of amides is 1. The van der Waals surface area contributed by atoms with Gasteiger partial charge in [0.05, 0.1) is 6.61 Å². The van der Waals surface area contributed by atoms with E-state index in [4.69, 9.17) is 4.74 Å². The van der Waals surface area contributed by atoms with E-state index in [-0.39, 0.29) is 5.91 Å². The Kier molecular flexibility index (Phi) is 5.65. The first-order chi connectivity index (χ1) is 10.2. The van der Waals surface area contributed by atoms with Gasteiger partial charge in [-0.3, -0.25) is 4.79 Å². The highest BCUT2D eigenvalue weighted by atomic mass is 32.1. The third-order valence-corrected chi connectivity index (χ3v) is 3.59. The van der Waals surface area contributed by atoms with Gasteiger partial charge >= 0.3 is 0 Å². The molecular weight excluding hydrogens is 288 g/mol. The number of carbonyl (C=O) groups is 1. The third kappa shape index (κ3) is 4.24. The number of hydrogen-bond donors (Lipinski definition) is 2. The second kappa shape index (κ2) is 7.70. The molecule has 0 bridgehead atoms. The van der Waals surface area contributed by atoms with E-state index in [1.165, 1.54) is 11.3 Å². The summed E-state index contributed by atoms with van der Waals surface area (Å²) in [6.45, 7) is 3.32. The molecule has 1 aromatic heterocycles. The fourth-order valence-corrected chi connectivity index (χ4v) is 2.38. The summed E-state index contributed by atoms with van der Waals surface area (Å²) >= 11 is 1.24. The Morgan fingerprint density at radius 1 is 1.33 bits per heavy atom. The van der Waals surface area contributed by atoms with Crippen molar-refractivity contribution in [3.63, 3.8) is 0 Å². The van der Waals surface area contributed by atoms with Crippen molar-refractivity contribution in [2.75, 3.05) is 24.3 Å². The zero-order chi connectivity index (χ0) is 15.1. The number of aromatic nitrogens is 2. The number of nitrogens with zero attached hydrogens (tertiary/aromatic N) is 2. The van der Waals surface area contributed by atoms with Gasteiger partial charge in [-0.2, -0.15) is 0 Å². The molecule has 21 heavy (non-hydrogen) atoms. The fraction of sp³-hybridized carbons (Fsp3) is 0.357. The molecule has 1 aromatic carbocycles. The van der Waals surface area contributed by atoms with E-state index in [1.807, 2.05) is 24.3 Å². The van der Waals surface area contributed by atoms with Gasteiger partial charge in [-0.1, -0.05) is 36.5 Å². The minimum Gasteiger partial charge on any atom is -0.380 e. The molecule has 2 N–H and O–H groups in total. The molecule has 0 aliphatic heterocycles. The first-order valence-corrected chi connectivity index (χ1v) is 7.51. The van der Waals surface area contributed by atoms with Crippen LogP contribution in [0, 0.1) is 0 Å². The highest BCUT2D eigenvalue weighted by Crippen LogP contribution is 2.19. The molecule has 112 valence electrons. The Labute approximate surface area is 127 Å². The normalized spacial score (nSPS) is 10.4. The van der Waals surface area contributed by atoms with Crippen LogP contribution in [-0.2, 0) is 11.3 Å². The van der Waals surface area contributed by atoms with Crippen LogP contribution in [0.5, 0.6) is 0 Å². The second-order valence-corrected chi connectivity index (χ2v) is 5.36. The Bertz CT molecular complexity index is 600. The van der Waals surface area contributed by atoms with Crippen LogP contribution >= 0.6 is 11.3 Å². The van der Waals surface area contributed by atoms with Crippen LogP contribution in [0.3, 0.4) is 0 Å². The van der Waals surface area contributed by atoms with Crippen LogP contribution in [0.25, 0.3) is 0 Å². The number of methoxy groups -OCH3 is 1. The van der Waals surface area contributed by atoms with E-state index in [0.717, 1.165) is 24.2 Å². The van der Waals surface area contributed by atoms with Crippen molar-refractivity contribution in [1.82, 2.24) is 10.2 Å². The van der Waals surface area contributed by atoms with E-state index in [9.17, 15) is 4.79 Å².